The maximum Gasteiger partial charge on any atom is 1.00 e. The first-order valence-corrected chi connectivity index (χ1v) is 10.2. The van der Waals surface area contributed by atoms with Crippen LogP contribution in [0.2, 0.25) is 0 Å². The molecular formula is C16H14FN2Na2O6PS. The molecule has 0 amide bonds. The molecule has 144 valence electrons. The number of hydrogen-bond donors (Lipinski definition) is 1. The van der Waals surface area contributed by atoms with Gasteiger partial charge < -0.3 is 28.5 Å². The van der Waals surface area contributed by atoms with Gasteiger partial charge in [0.15, 0.2) is 5.01 Å². The van der Waals surface area contributed by atoms with E-state index < -0.39 is 32.3 Å². The van der Waals surface area contributed by atoms with Crippen molar-refractivity contribution in [2.45, 2.75) is 26.2 Å². The van der Waals surface area contributed by atoms with Crippen molar-refractivity contribution >= 4 is 35.8 Å². The van der Waals surface area contributed by atoms with Gasteiger partial charge in [0, 0.05) is 17.0 Å². The monoisotopic (exact) mass is 458 g/mol. The first kappa shape index (κ1) is 27.1. The number of phosphoric acid groups is 1. The molecule has 1 atom stereocenters. The summed E-state index contributed by atoms with van der Waals surface area (Å²) in [6.45, 7) is 1.09. The van der Waals surface area contributed by atoms with Gasteiger partial charge in [-0.15, -0.1) is 11.3 Å². The number of ketones is 1. The van der Waals surface area contributed by atoms with E-state index in [2.05, 4.69) is 9.51 Å². The smallest absolute Gasteiger partial charge is 0.790 e. The van der Waals surface area contributed by atoms with Crippen molar-refractivity contribution in [3.63, 3.8) is 0 Å². The molecular weight excluding hydrogens is 444 g/mol. The average molecular weight is 458 g/mol. The summed E-state index contributed by atoms with van der Waals surface area (Å²) in [7, 11) is -5.24. The molecule has 8 nitrogen and oxygen atoms in total. The third-order valence-corrected chi connectivity index (χ3v) is 5.18. The number of thiazole rings is 1. The minimum Gasteiger partial charge on any atom is -0.790 e. The molecule has 0 radical (unpaired) electrons. The predicted molar refractivity (Wildman–Crippen MR) is 91.4 cm³/mol. The third-order valence-electron chi connectivity index (χ3n) is 3.89. The molecule has 0 aliphatic carbocycles. The van der Waals surface area contributed by atoms with Crippen LogP contribution in [0.5, 0.6) is 0 Å². The number of aliphatic hydroxyl groups is 1. The second-order valence-electron chi connectivity index (χ2n) is 5.71. The zero-order chi connectivity index (χ0) is 19.8. The fraction of sp³-hybridized carbons (Fsp3) is 0.250. The van der Waals surface area contributed by atoms with Gasteiger partial charge in [-0.1, -0.05) is 6.92 Å². The number of phosphoric ester groups is 1. The molecule has 1 aromatic carbocycles. The minimum atomic E-state index is -5.24. The maximum absolute atomic E-state index is 13.6. The Kier molecular flexibility index (Phi) is 10.4. The van der Waals surface area contributed by atoms with Crippen LogP contribution in [-0.2, 0) is 15.8 Å². The van der Waals surface area contributed by atoms with Gasteiger partial charge in [-0.2, -0.15) is 0 Å². The Morgan fingerprint density at radius 2 is 2.10 bits per heavy atom. The fourth-order valence-electron chi connectivity index (χ4n) is 2.55. The Bertz CT molecular complexity index is 1050. The minimum absolute atomic E-state index is 0. The number of halogens is 1. The van der Waals surface area contributed by atoms with E-state index >= 15 is 0 Å². The molecule has 3 rings (SSSR count). The van der Waals surface area contributed by atoms with Crippen molar-refractivity contribution in [3.8, 4) is 0 Å². The van der Waals surface area contributed by atoms with E-state index in [1.807, 2.05) is 0 Å². The average Bonchev–Trinajstić information content (AvgIpc) is 3.23. The first-order chi connectivity index (χ1) is 12.7. The van der Waals surface area contributed by atoms with E-state index in [-0.39, 0.29) is 75.2 Å². The Labute approximate surface area is 213 Å². The first-order valence-electron chi connectivity index (χ1n) is 7.82. The Hall–Kier alpha value is 0.0600. The van der Waals surface area contributed by atoms with Gasteiger partial charge >= 0.3 is 59.1 Å². The van der Waals surface area contributed by atoms with Crippen LogP contribution in [0.3, 0.4) is 0 Å². The van der Waals surface area contributed by atoms with E-state index in [1.54, 1.807) is 12.3 Å². The molecule has 0 bridgehead atoms. The number of rotatable bonds is 7. The van der Waals surface area contributed by atoms with Gasteiger partial charge in [0.25, 0.3) is 0 Å². The third kappa shape index (κ3) is 6.52. The molecule has 0 saturated heterocycles. The molecule has 0 fully saturated rings. The Morgan fingerprint density at radius 3 is 2.72 bits per heavy atom. The number of fused-ring (bicyclic) bond motifs is 1. The van der Waals surface area contributed by atoms with E-state index in [9.17, 15) is 28.6 Å². The SMILES string of the molecule is CC[C@@H](O)c1csc(C(=O)c2cn(COP(=O)([O-])[O-])c3cc(F)ccc23)n1.[Na+].[Na+]. The number of aliphatic hydroxyl groups excluding tert-OH is 1. The summed E-state index contributed by atoms with van der Waals surface area (Å²) in [5.74, 6) is -1.08. The maximum atomic E-state index is 13.6. The molecule has 29 heavy (non-hydrogen) atoms. The number of carbonyl (C=O) groups is 1. The summed E-state index contributed by atoms with van der Waals surface area (Å²) in [5.41, 5.74) is 0.715. The van der Waals surface area contributed by atoms with Crippen LogP contribution in [0, 0.1) is 5.82 Å². The van der Waals surface area contributed by atoms with Crippen LogP contribution in [0.15, 0.2) is 29.8 Å². The molecule has 3 aromatic rings. The van der Waals surface area contributed by atoms with Crippen LogP contribution >= 0.6 is 19.2 Å². The van der Waals surface area contributed by atoms with Crippen LogP contribution in [0.1, 0.15) is 40.5 Å². The van der Waals surface area contributed by atoms with Crippen molar-refractivity contribution in [3.05, 3.63) is 51.9 Å². The fourth-order valence-corrected chi connectivity index (χ4v) is 3.64. The molecule has 2 aromatic heterocycles. The zero-order valence-corrected chi connectivity index (χ0v) is 21.7. The van der Waals surface area contributed by atoms with Crippen molar-refractivity contribution in [1.29, 1.82) is 0 Å². The number of carbonyl (C=O) groups excluding carboxylic acids is 1. The summed E-state index contributed by atoms with van der Waals surface area (Å²) in [6.07, 6.45) is 0.937. The zero-order valence-electron chi connectivity index (χ0n) is 16.0. The van der Waals surface area contributed by atoms with Gasteiger partial charge in [-0.3, -0.25) is 4.79 Å². The largest absolute Gasteiger partial charge is 1.00 e. The van der Waals surface area contributed by atoms with E-state index in [0.29, 0.717) is 17.5 Å². The van der Waals surface area contributed by atoms with Crippen molar-refractivity contribution < 1.29 is 92.3 Å². The number of benzene rings is 1. The predicted octanol–water partition coefficient (Wildman–Crippen LogP) is -4.28. The molecule has 0 saturated carbocycles. The van der Waals surface area contributed by atoms with E-state index in [1.165, 1.54) is 12.3 Å². The summed E-state index contributed by atoms with van der Waals surface area (Å²) in [6, 6.07) is 3.63. The summed E-state index contributed by atoms with van der Waals surface area (Å²) in [4.78, 5) is 38.4. The van der Waals surface area contributed by atoms with Crippen LogP contribution < -0.4 is 68.9 Å². The summed E-state index contributed by atoms with van der Waals surface area (Å²) in [5, 5.41) is 11.9. The Balaban J connectivity index is 0.00000210. The Morgan fingerprint density at radius 1 is 1.41 bits per heavy atom. The second kappa shape index (κ2) is 11.1. The van der Waals surface area contributed by atoms with Crippen molar-refractivity contribution in [2.24, 2.45) is 0 Å². The topological polar surface area (TPSA) is 128 Å². The number of nitrogens with zero attached hydrogens (tertiary/aromatic N) is 2. The van der Waals surface area contributed by atoms with Crippen molar-refractivity contribution in [1.82, 2.24) is 9.55 Å². The molecule has 0 spiro atoms. The number of hydrogen-bond acceptors (Lipinski definition) is 8. The summed E-state index contributed by atoms with van der Waals surface area (Å²) < 4.78 is 29.7. The second-order valence-corrected chi connectivity index (χ2v) is 7.72. The molecule has 13 heteroatoms. The van der Waals surface area contributed by atoms with E-state index in [0.717, 1.165) is 28.0 Å². The molecule has 2 heterocycles. The molecule has 0 unspecified atom stereocenters. The molecule has 0 aliphatic heterocycles. The van der Waals surface area contributed by atoms with Gasteiger partial charge in [0.1, 0.15) is 12.5 Å². The van der Waals surface area contributed by atoms with E-state index in [4.69, 9.17) is 0 Å². The van der Waals surface area contributed by atoms with Crippen molar-refractivity contribution in [2.75, 3.05) is 0 Å². The molecule has 0 aliphatic rings. The summed E-state index contributed by atoms with van der Waals surface area (Å²) >= 11 is 1.06. The van der Waals surface area contributed by atoms with Gasteiger partial charge in [-0.05, 0) is 24.6 Å². The van der Waals surface area contributed by atoms with Gasteiger partial charge in [0.05, 0.1) is 30.7 Å². The quantitative estimate of drug-likeness (QED) is 0.216. The normalized spacial score (nSPS) is 12.3. The van der Waals surface area contributed by atoms with Crippen LogP contribution in [0.25, 0.3) is 10.9 Å². The van der Waals surface area contributed by atoms with Gasteiger partial charge in [0.2, 0.25) is 5.78 Å². The van der Waals surface area contributed by atoms with Crippen LogP contribution in [0.4, 0.5) is 4.39 Å². The van der Waals surface area contributed by atoms with Crippen LogP contribution in [-0.4, -0.2) is 20.4 Å². The molecule has 1 N–H and O–H groups in total. The standard InChI is InChI=1S/C16H16FN2O6PS.2Na/c1-2-14(20)12-7-27-16(18-12)15(21)11-6-19(8-25-26(22,23)24)13-5-9(17)3-4-10(11)13;;/h3-7,14,20H,2,8H2,1H3,(H2,22,23,24);;/q;2*+1/p-2/t14-;;/m1../s1. The number of aromatic nitrogens is 2. The van der Waals surface area contributed by atoms with Gasteiger partial charge in [-0.25, -0.2) is 9.37 Å².